The molecule has 1 aliphatic rings. The monoisotopic (exact) mass is 290 g/mol. The minimum atomic E-state index is 0.394. The van der Waals surface area contributed by atoms with Gasteiger partial charge in [-0.15, -0.1) is 0 Å². The molecule has 0 aliphatic carbocycles. The molecule has 0 spiro atoms. The van der Waals surface area contributed by atoms with Crippen LogP contribution in [0.5, 0.6) is 0 Å². The van der Waals surface area contributed by atoms with Gasteiger partial charge in [0.15, 0.2) is 0 Å². The number of likely N-dealkylation sites (tertiary alicyclic amines) is 1. The molecule has 1 aromatic rings. The number of nitrogens with one attached hydrogen (secondary N) is 1. The summed E-state index contributed by atoms with van der Waals surface area (Å²) in [6.45, 7) is 7.74. The summed E-state index contributed by atoms with van der Waals surface area (Å²) >= 11 is 0. The van der Waals surface area contributed by atoms with Gasteiger partial charge in [0.05, 0.1) is 6.10 Å². The first kappa shape index (κ1) is 16.5. The van der Waals surface area contributed by atoms with Crippen molar-refractivity contribution in [3.8, 4) is 0 Å². The molecule has 1 fully saturated rings. The zero-order valence-corrected chi connectivity index (χ0v) is 13.7. The first-order chi connectivity index (χ1) is 10.3. The van der Waals surface area contributed by atoms with Crippen LogP contribution >= 0.6 is 0 Å². The number of benzene rings is 1. The molecule has 1 saturated heterocycles. The molecule has 0 aromatic heterocycles. The van der Waals surface area contributed by atoms with E-state index >= 15 is 0 Å². The van der Waals surface area contributed by atoms with Crippen LogP contribution in [0.15, 0.2) is 30.3 Å². The second kappa shape index (κ2) is 8.52. The topological polar surface area (TPSA) is 24.5 Å². The number of hydrogen-bond acceptors (Lipinski definition) is 3. The number of piperidine rings is 1. The van der Waals surface area contributed by atoms with Crippen LogP contribution in [0.4, 0.5) is 0 Å². The maximum absolute atomic E-state index is 5.60. The van der Waals surface area contributed by atoms with E-state index in [2.05, 4.69) is 54.4 Å². The number of rotatable bonds is 7. The highest BCUT2D eigenvalue weighted by Gasteiger charge is 2.30. The van der Waals surface area contributed by atoms with Crippen molar-refractivity contribution < 1.29 is 4.74 Å². The Hall–Kier alpha value is -0.900. The molecule has 0 amide bonds. The Morgan fingerprint density at radius 3 is 2.67 bits per heavy atom. The van der Waals surface area contributed by atoms with Crippen molar-refractivity contribution in [3.05, 3.63) is 35.9 Å². The number of methoxy groups -OCH3 is 1. The normalized spacial score (nSPS) is 22.9. The summed E-state index contributed by atoms with van der Waals surface area (Å²) in [5.74, 6) is 0. The van der Waals surface area contributed by atoms with Crippen molar-refractivity contribution in [2.24, 2.45) is 0 Å². The Bertz CT molecular complexity index is 395. The minimum absolute atomic E-state index is 0.394. The quantitative estimate of drug-likeness (QED) is 0.834. The summed E-state index contributed by atoms with van der Waals surface area (Å²) in [5.41, 5.74) is 1.39. The highest BCUT2D eigenvalue weighted by molar-refractivity contribution is 5.21. The minimum Gasteiger partial charge on any atom is -0.380 e. The molecule has 21 heavy (non-hydrogen) atoms. The maximum atomic E-state index is 5.60. The molecule has 3 atom stereocenters. The predicted molar refractivity (Wildman–Crippen MR) is 88.5 cm³/mol. The predicted octanol–water partition coefficient (Wildman–Crippen LogP) is 3.23. The van der Waals surface area contributed by atoms with E-state index in [1.54, 1.807) is 0 Å². The first-order valence-corrected chi connectivity index (χ1v) is 8.35. The molecule has 3 nitrogen and oxygen atoms in total. The first-order valence-electron chi connectivity index (χ1n) is 8.35. The lowest BCUT2D eigenvalue weighted by atomic mass is 9.93. The van der Waals surface area contributed by atoms with Gasteiger partial charge >= 0.3 is 0 Å². The molecule has 1 heterocycles. The van der Waals surface area contributed by atoms with Gasteiger partial charge < -0.3 is 10.1 Å². The van der Waals surface area contributed by atoms with Crippen LogP contribution in [-0.2, 0) is 4.74 Å². The van der Waals surface area contributed by atoms with Gasteiger partial charge in [0.25, 0.3) is 0 Å². The fourth-order valence-electron chi connectivity index (χ4n) is 3.52. The standard InChI is InChI=1S/C18H30N2O/c1-4-17(20-13-9-12-16(14-20)21-3)18(19-5-2)15-10-7-6-8-11-15/h6-8,10-11,16-19H,4-5,9,12-14H2,1-3H3. The van der Waals surface area contributed by atoms with E-state index in [4.69, 9.17) is 4.74 Å². The molecule has 1 aliphatic heterocycles. The molecule has 1 aromatic carbocycles. The lowest BCUT2D eigenvalue weighted by molar-refractivity contribution is 0.00622. The van der Waals surface area contributed by atoms with E-state index < -0.39 is 0 Å². The zero-order valence-electron chi connectivity index (χ0n) is 13.7. The molecule has 1 N–H and O–H groups in total. The Kier molecular flexibility index (Phi) is 6.68. The third-order valence-corrected chi connectivity index (χ3v) is 4.60. The summed E-state index contributed by atoms with van der Waals surface area (Å²) in [4.78, 5) is 2.62. The summed E-state index contributed by atoms with van der Waals surface area (Å²) < 4.78 is 5.60. The second-order valence-electron chi connectivity index (χ2n) is 5.92. The van der Waals surface area contributed by atoms with Gasteiger partial charge in [0.2, 0.25) is 0 Å². The van der Waals surface area contributed by atoms with Crippen LogP contribution in [0.25, 0.3) is 0 Å². The van der Waals surface area contributed by atoms with E-state index in [-0.39, 0.29) is 0 Å². The summed E-state index contributed by atoms with van der Waals surface area (Å²) in [5, 5.41) is 3.70. The zero-order chi connectivity index (χ0) is 15.1. The Morgan fingerprint density at radius 1 is 1.29 bits per heavy atom. The second-order valence-corrected chi connectivity index (χ2v) is 5.92. The summed E-state index contributed by atoms with van der Waals surface area (Å²) in [6.07, 6.45) is 3.98. The Labute approximate surface area is 129 Å². The van der Waals surface area contributed by atoms with Crippen LogP contribution in [0, 0.1) is 0 Å². The van der Waals surface area contributed by atoms with Gasteiger partial charge in [-0.1, -0.05) is 44.2 Å². The van der Waals surface area contributed by atoms with E-state index in [1.165, 1.54) is 24.9 Å². The SMILES string of the molecule is CCNC(c1ccccc1)C(CC)N1CCCC(OC)C1. The van der Waals surface area contributed by atoms with Gasteiger partial charge in [-0.25, -0.2) is 0 Å². The van der Waals surface area contributed by atoms with Crippen molar-refractivity contribution in [2.45, 2.75) is 51.3 Å². The molecular weight excluding hydrogens is 260 g/mol. The van der Waals surface area contributed by atoms with Crippen molar-refractivity contribution >= 4 is 0 Å². The number of hydrogen-bond donors (Lipinski definition) is 1. The average Bonchev–Trinajstić information content (AvgIpc) is 2.56. The molecule has 3 heteroatoms. The van der Waals surface area contributed by atoms with Crippen molar-refractivity contribution in [1.29, 1.82) is 0 Å². The highest BCUT2D eigenvalue weighted by atomic mass is 16.5. The van der Waals surface area contributed by atoms with Crippen molar-refractivity contribution in [2.75, 3.05) is 26.7 Å². The molecule has 2 rings (SSSR count). The Balaban J connectivity index is 2.15. The van der Waals surface area contributed by atoms with Crippen LogP contribution in [-0.4, -0.2) is 43.8 Å². The number of ether oxygens (including phenoxy) is 1. The van der Waals surface area contributed by atoms with Crippen LogP contribution in [0.2, 0.25) is 0 Å². The molecule has 0 bridgehead atoms. The van der Waals surface area contributed by atoms with Gasteiger partial charge in [0, 0.05) is 25.7 Å². The molecule has 3 unspecified atom stereocenters. The highest BCUT2D eigenvalue weighted by Crippen LogP contribution is 2.26. The fourth-order valence-corrected chi connectivity index (χ4v) is 3.52. The lowest BCUT2D eigenvalue weighted by Gasteiger charge is -2.41. The van der Waals surface area contributed by atoms with Crippen LogP contribution in [0.1, 0.15) is 44.7 Å². The van der Waals surface area contributed by atoms with Crippen LogP contribution < -0.4 is 5.32 Å². The fraction of sp³-hybridized carbons (Fsp3) is 0.667. The van der Waals surface area contributed by atoms with E-state index in [1.807, 2.05) is 7.11 Å². The molecule has 0 radical (unpaired) electrons. The summed E-state index contributed by atoms with van der Waals surface area (Å²) in [7, 11) is 1.84. The molecule has 0 saturated carbocycles. The number of likely N-dealkylation sites (N-methyl/N-ethyl adjacent to an activating group) is 1. The van der Waals surface area contributed by atoms with Crippen LogP contribution in [0.3, 0.4) is 0 Å². The third kappa shape index (κ3) is 4.29. The van der Waals surface area contributed by atoms with Gasteiger partial charge in [-0.05, 0) is 37.9 Å². The largest absolute Gasteiger partial charge is 0.380 e. The lowest BCUT2D eigenvalue weighted by Crippen LogP contribution is -2.50. The van der Waals surface area contributed by atoms with Crippen molar-refractivity contribution in [3.63, 3.8) is 0 Å². The average molecular weight is 290 g/mol. The summed E-state index contributed by atoms with van der Waals surface area (Å²) in [6, 6.07) is 11.8. The molecular formula is C18H30N2O. The number of nitrogens with zero attached hydrogens (tertiary/aromatic N) is 1. The van der Waals surface area contributed by atoms with Crippen molar-refractivity contribution in [1.82, 2.24) is 10.2 Å². The molecule has 118 valence electrons. The maximum Gasteiger partial charge on any atom is 0.0698 e. The van der Waals surface area contributed by atoms with Gasteiger partial charge in [0.1, 0.15) is 0 Å². The third-order valence-electron chi connectivity index (χ3n) is 4.60. The van der Waals surface area contributed by atoms with Gasteiger partial charge in [-0.3, -0.25) is 4.90 Å². The Morgan fingerprint density at radius 2 is 2.05 bits per heavy atom. The smallest absolute Gasteiger partial charge is 0.0698 e. The van der Waals surface area contributed by atoms with E-state index in [9.17, 15) is 0 Å². The van der Waals surface area contributed by atoms with Gasteiger partial charge in [-0.2, -0.15) is 0 Å². The van der Waals surface area contributed by atoms with E-state index in [0.717, 1.165) is 19.5 Å². The van der Waals surface area contributed by atoms with E-state index in [0.29, 0.717) is 18.2 Å².